The summed E-state index contributed by atoms with van der Waals surface area (Å²) in [5, 5.41) is 8.22. The summed E-state index contributed by atoms with van der Waals surface area (Å²) in [6, 6.07) is 0. The monoisotopic (exact) mass is 125 g/mol. The number of hydrogen-bond acceptors (Lipinski definition) is 2. The van der Waals surface area contributed by atoms with Gasteiger partial charge in [-0.15, -0.1) is 0 Å². The van der Waals surface area contributed by atoms with E-state index in [0.29, 0.717) is 0 Å². The first-order valence-electron chi connectivity index (χ1n) is 2.90. The van der Waals surface area contributed by atoms with Crippen molar-refractivity contribution in [2.75, 3.05) is 0 Å². The van der Waals surface area contributed by atoms with Crippen LogP contribution in [0.15, 0.2) is 24.3 Å². The zero-order valence-corrected chi connectivity index (χ0v) is 5.03. The summed E-state index contributed by atoms with van der Waals surface area (Å²) in [4.78, 5) is 4.11. The minimum absolute atomic E-state index is 0.167. The third kappa shape index (κ3) is 2.00. The fourth-order valence-corrected chi connectivity index (χ4v) is 0.700. The van der Waals surface area contributed by atoms with Crippen LogP contribution >= 0.6 is 0 Å². The first kappa shape index (κ1) is 6.52. The average molecular weight is 125 g/mol. The molecule has 1 aliphatic carbocycles. The van der Waals surface area contributed by atoms with Gasteiger partial charge in [0.25, 0.3) is 0 Å². The molecule has 1 unspecified atom stereocenters. The SMILES string of the molecule is OOC1C=CC=C[CH]C1. The molecule has 0 amide bonds. The van der Waals surface area contributed by atoms with Gasteiger partial charge in [0.1, 0.15) is 6.10 Å². The summed E-state index contributed by atoms with van der Waals surface area (Å²) in [6.07, 6.45) is 10.0. The molecule has 49 valence electrons. The van der Waals surface area contributed by atoms with E-state index >= 15 is 0 Å². The molecular weight excluding hydrogens is 116 g/mol. The predicted octanol–water partition coefficient (Wildman–Crippen LogP) is 1.56. The normalized spacial score (nSPS) is 26.1. The van der Waals surface area contributed by atoms with Gasteiger partial charge in [0.2, 0.25) is 0 Å². The van der Waals surface area contributed by atoms with Crippen LogP contribution in [0.4, 0.5) is 0 Å². The molecule has 0 aliphatic heterocycles. The highest BCUT2D eigenvalue weighted by Gasteiger charge is 2.03. The zero-order chi connectivity index (χ0) is 6.53. The molecule has 0 heterocycles. The molecule has 1 radical (unpaired) electrons. The van der Waals surface area contributed by atoms with Crippen molar-refractivity contribution in [1.29, 1.82) is 0 Å². The smallest absolute Gasteiger partial charge is 0.112 e. The van der Waals surface area contributed by atoms with Crippen molar-refractivity contribution in [3.63, 3.8) is 0 Å². The van der Waals surface area contributed by atoms with Crippen LogP contribution in [-0.4, -0.2) is 11.4 Å². The summed E-state index contributed by atoms with van der Waals surface area (Å²) in [5.41, 5.74) is 0. The van der Waals surface area contributed by atoms with Gasteiger partial charge >= 0.3 is 0 Å². The van der Waals surface area contributed by atoms with Crippen molar-refractivity contribution in [3.05, 3.63) is 30.7 Å². The van der Waals surface area contributed by atoms with Gasteiger partial charge in [-0.1, -0.05) is 24.3 Å². The third-order valence-corrected chi connectivity index (χ3v) is 1.19. The highest BCUT2D eigenvalue weighted by molar-refractivity contribution is 5.13. The molecule has 1 N–H and O–H groups in total. The minimum Gasteiger partial charge on any atom is -0.251 e. The summed E-state index contributed by atoms with van der Waals surface area (Å²) in [6.45, 7) is 0. The summed E-state index contributed by atoms with van der Waals surface area (Å²) >= 11 is 0. The fourth-order valence-electron chi connectivity index (χ4n) is 0.700. The number of rotatable bonds is 1. The molecule has 9 heavy (non-hydrogen) atoms. The number of hydrogen-bond donors (Lipinski definition) is 1. The van der Waals surface area contributed by atoms with E-state index in [0.717, 1.165) is 6.42 Å². The largest absolute Gasteiger partial charge is 0.251 e. The van der Waals surface area contributed by atoms with Gasteiger partial charge in [0.15, 0.2) is 0 Å². The molecule has 0 spiro atoms. The lowest BCUT2D eigenvalue weighted by Crippen LogP contribution is -2.05. The Morgan fingerprint density at radius 3 is 3.00 bits per heavy atom. The number of allylic oxidation sites excluding steroid dienone is 3. The van der Waals surface area contributed by atoms with Gasteiger partial charge in [-0.05, 0) is 12.8 Å². The van der Waals surface area contributed by atoms with Crippen LogP contribution < -0.4 is 0 Å². The molecule has 1 atom stereocenters. The maximum atomic E-state index is 8.22. The second kappa shape index (κ2) is 3.43. The molecule has 0 aromatic heterocycles. The molecule has 1 rings (SSSR count). The summed E-state index contributed by atoms with van der Waals surface area (Å²) < 4.78 is 0. The first-order chi connectivity index (χ1) is 4.43. The molecule has 0 saturated carbocycles. The van der Waals surface area contributed by atoms with E-state index in [1.165, 1.54) is 0 Å². The Hall–Kier alpha value is -0.600. The molecule has 0 saturated heterocycles. The Morgan fingerprint density at radius 2 is 2.22 bits per heavy atom. The third-order valence-electron chi connectivity index (χ3n) is 1.19. The van der Waals surface area contributed by atoms with E-state index < -0.39 is 0 Å². The lowest BCUT2D eigenvalue weighted by Gasteiger charge is -2.03. The standard InChI is InChI=1S/C7H9O2/c8-9-7-5-3-1-2-4-6-7/h1-5,7-8H,6H2. The van der Waals surface area contributed by atoms with E-state index in [4.69, 9.17) is 5.26 Å². The summed E-state index contributed by atoms with van der Waals surface area (Å²) in [5.74, 6) is 0. The zero-order valence-electron chi connectivity index (χ0n) is 5.03. The average Bonchev–Trinajstić information content (AvgIpc) is 2.13. The van der Waals surface area contributed by atoms with Crippen LogP contribution in [0.1, 0.15) is 6.42 Å². The molecule has 2 nitrogen and oxygen atoms in total. The molecule has 0 aromatic carbocycles. The lowest BCUT2D eigenvalue weighted by atomic mass is 10.2. The summed E-state index contributed by atoms with van der Waals surface area (Å²) in [7, 11) is 0. The van der Waals surface area contributed by atoms with Crippen LogP contribution in [0.2, 0.25) is 0 Å². The maximum absolute atomic E-state index is 8.22. The van der Waals surface area contributed by atoms with E-state index in [1.54, 1.807) is 6.08 Å². The van der Waals surface area contributed by atoms with Crippen LogP contribution in [0, 0.1) is 6.42 Å². The van der Waals surface area contributed by atoms with Crippen molar-refractivity contribution < 1.29 is 10.1 Å². The quantitative estimate of drug-likeness (QED) is 0.425. The first-order valence-corrected chi connectivity index (χ1v) is 2.90. The fraction of sp³-hybridized carbons (Fsp3) is 0.286. The van der Waals surface area contributed by atoms with Crippen molar-refractivity contribution in [1.82, 2.24) is 0 Å². The van der Waals surface area contributed by atoms with Crippen LogP contribution in [0.25, 0.3) is 0 Å². The van der Waals surface area contributed by atoms with Crippen LogP contribution in [0.5, 0.6) is 0 Å². The molecule has 2 heteroatoms. The second-order valence-electron chi connectivity index (χ2n) is 1.89. The van der Waals surface area contributed by atoms with Crippen molar-refractivity contribution in [2.24, 2.45) is 0 Å². The molecular formula is C7H9O2. The van der Waals surface area contributed by atoms with Crippen molar-refractivity contribution in [3.8, 4) is 0 Å². The maximum Gasteiger partial charge on any atom is 0.112 e. The Labute approximate surface area is 54.4 Å². The molecule has 1 aliphatic rings. The van der Waals surface area contributed by atoms with Gasteiger partial charge in [0.05, 0.1) is 0 Å². The van der Waals surface area contributed by atoms with Crippen LogP contribution in [0.3, 0.4) is 0 Å². The Kier molecular flexibility index (Phi) is 2.48. The van der Waals surface area contributed by atoms with E-state index in [9.17, 15) is 0 Å². The van der Waals surface area contributed by atoms with Gasteiger partial charge in [-0.2, -0.15) is 0 Å². The second-order valence-corrected chi connectivity index (χ2v) is 1.89. The molecule has 0 aromatic rings. The van der Waals surface area contributed by atoms with Gasteiger partial charge < -0.3 is 0 Å². The van der Waals surface area contributed by atoms with E-state index in [2.05, 4.69) is 4.89 Å². The van der Waals surface area contributed by atoms with E-state index in [1.807, 2.05) is 24.6 Å². The minimum atomic E-state index is -0.167. The lowest BCUT2D eigenvalue weighted by molar-refractivity contribution is -0.265. The van der Waals surface area contributed by atoms with Gasteiger partial charge in [-0.3, -0.25) is 5.26 Å². The highest BCUT2D eigenvalue weighted by atomic mass is 17.1. The highest BCUT2D eigenvalue weighted by Crippen LogP contribution is 2.06. The topological polar surface area (TPSA) is 29.5 Å². The molecule has 0 bridgehead atoms. The Morgan fingerprint density at radius 1 is 1.33 bits per heavy atom. The Balaban J connectivity index is 2.41. The van der Waals surface area contributed by atoms with E-state index in [-0.39, 0.29) is 6.10 Å². The van der Waals surface area contributed by atoms with Crippen molar-refractivity contribution in [2.45, 2.75) is 12.5 Å². The van der Waals surface area contributed by atoms with Gasteiger partial charge in [-0.25, -0.2) is 4.89 Å². The molecule has 0 fully saturated rings. The predicted molar refractivity (Wildman–Crippen MR) is 34.7 cm³/mol. The van der Waals surface area contributed by atoms with Crippen LogP contribution in [-0.2, 0) is 4.89 Å². The Bertz CT molecular complexity index is 127. The van der Waals surface area contributed by atoms with Gasteiger partial charge in [0, 0.05) is 0 Å². The van der Waals surface area contributed by atoms with Crippen molar-refractivity contribution >= 4 is 0 Å².